The van der Waals surface area contributed by atoms with Crippen molar-refractivity contribution >= 4 is 11.8 Å². The summed E-state index contributed by atoms with van der Waals surface area (Å²) in [5.41, 5.74) is 1.92. The lowest BCUT2D eigenvalue weighted by Gasteiger charge is -2.14. The van der Waals surface area contributed by atoms with E-state index in [1.165, 1.54) is 0 Å². The van der Waals surface area contributed by atoms with E-state index < -0.39 is 0 Å². The van der Waals surface area contributed by atoms with Crippen molar-refractivity contribution in [3.8, 4) is 6.07 Å². The average Bonchev–Trinajstić information content (AvgIpc) is 2.77. The van der Waals surface area contributed by atoms with Gasteiger partial charge in [0.25, 0.3) is 0 Å². The summed E-state index contributed by atoms with van der Waals surface area (Å²) in [4.78, 5) is 1.07. The summed E-state index contributed by atoms with van der Waals surface area (Å²) in [6.07, 6.45) is 1.34. The molecule has 0 bridgehead atoms. The molecule has 2 atom stereocenters. The number of nitrogens with one attached hydrogen (secondary N) is 1. The van der Waals surface area contributed by atoms with E-state index in [2.05, 4.69) is 30.4 Å². The van der Waals surface area contributed by atoms with Crippen LogP contribution >= 0.6 is 11.8 Å². The van der Waals surface area contributed by atoms with Crippen LogP contribution in [-0.2, 0) is 11.3 Å². The molecule has 1 aromatic rings. The standard InChI is InChI=1S/C14H18N2OS/c1-10-13(5-6-17-10)18-14-4-3-11(9-16-2)7-12(14)8-15/h3-4,7,10,13,16H,5-6,9H2,1-2H3. The van der Waals surface area contributed by atoms with E-state index in [9.17, 15) is 5.26 Å². The molecule has 18 heavy (non-hydrogen) atoms. The first kappa shape index (κ1) is 13.4. The molecule has 1 heterocycles. The van der Waals surface area contributed by atoms with E-state index in [0.717, 1.165) is 35.6 Å². The Kier molecular flexibility index (Phi) is 4.65. The normalized spacial score (nSPS) is 22.9. The lowest BCUT2D eigenvalue weighted by molar-refractivity contribution is 0.127. The fourth-order valence-electron chi connectivity index (χ4n) is 2.11. The number of benzene rings is 1. The Labute approximate surface area is 113 Å². The van der Waals surface area contributed by atoms with Crippen molar-refractivity contribution in [2.75, 3.05) is 13.7 Å². The second kappa shape index (κ2) is 6.24. The molecular formula is C14H18N2OS. The summed E-state index contributed by atoms with van der Waals surface area (Å²) < 4.78 is 5.56. The molecule has 0 amide bonds. The second-order valence-electron chi connectivity index (χ2n) is 4.49. The molecule has 1 aliphatic rings. The minimum Gasteiger partial charge on any atom is -0.377 e. The average molecular weight is 262 g/mol. The van der Waals surface area contributed by atoms with Gasteiger partial charge in [-0.25, -0.2) is 0 Å². The maximum atomic E-state index is 9.24. The Morgan fingerprint density at radius 3 is 3.00 bits per heavy atom. The minimum atomic E-state index is 0.276. The lowest BCUT2D eigenvalue weighted by Crippen LogP contribution is -2.13. The topological polar surface area (TPSA) is 45.0 Å². The molecule has 1 aromatic carbocycles. The van der Waals surface area contributed by atoms with Crippen LogP contribution in [0.4, 0.5) is 0 Å². The zero-order chi connectivity index (χ0) is 13.0. The number of rotatable bonds is 4. The van der Waals surface area contributed by atoms with Gasteiger partial charge in [0.1, 0.15) is 6.07 Å². The number of hydrogen-bond acceptors (Lipinski definition) is 4. The lowest BCUT2D eigenvalue weighted by atomic mass is 10.1. The summed E-state index contributed by atoms with van der Waals surface area (Å²) in [5, 5.41) is 12.8. The third-order valence-electron chi connectivity index (χ3n) is 3.13. The Hall–Kier alpha value is -1.02. The van der Waals surface area contributed by atoms with Crippen LogP contribution in [0, 0.1) is 11.3 Å². The van der Waals surface area contributed by atoms with Crippen molar-refractivity contribution in [3.63, 3.8) is 0 Å². The summed E-state index contributed by atoms with van der Waals surface area (Å²) >= 11 is 1.77. The van der Waals surface area contributed by atoms with Crippen LogP contribution in [0.15, 0.2) is 23.1 Å². The summed E-state index contributed by atoms with van der Waals surface area (Å²) in [6.45, 7) is 3.73. The first-order chi connectivity index (χ1) is 8.74. The first-order valence-electron chi connectivity index (χ1n) is 6.20. The van der Waals surface area contributed by atoms with Crippen LogP contribution in [0.3, 0.4) is 0 Å². The highest BCUT2D eigenvalue weighted by Crippen LogP contribution is 2.34. The Morgan fingerprint density at radius 2 is 2.39 bits per heavy atom. The van der Waals surface area contributed by atoms with Crippen molar-refractivity contribution in [1.29, 1.82) is 5.26 Å². The molecule has 0 radical (unpaired) electrons. The summed E-state index contributed by atoms with van der Waals surface area (Å²) in [7, 11) is 1.91. The van der Waals surface area contributed by atoms with E-state index in [1.807, 2.05) is 13.1 Å². The highest BCUT2D eigenvalue weighted by Gasteiger charge is 2.25. The quantitative estimate of drug-likeness (QED) is 0.905. The number of hydrogen-bond donors (Lipinski definition) is 1. The highest BCUT2D eigenvalue weighted by molar-refractivity contribution is 8.00. The molecule has 0 spiro atoms. The molecule has 2 unspecified atom stereocenters. The van der Waals surface area contributed by atoms with Gasteiger partial charge in [-0.05, 0) is 38.1 Å². The predicted molar refractivity (Wildman–Crippen MR) is 73.6 cm³/mol. The predicted octanol–water partition coefficient (Wildman–Crippen LogP) is 2.55. The third kappa shape index (κ3) is 3.05. The monoisotopic (exact) mass is 262 g/mol. The number of nitrogens with zero attached hydrogens (tertiary/aromatic N) is 1. The van der Waals surface area contributed by atoms with Gasteiger partial charge in [0.15, 0.2) is 0 Å². The highest BCUT2D eigenvalue weighted by atomic mass is 32.2. The van der Waals surface area contributed by atoms with Crippen molar-refractivity contribution in [2.45, 2.75) is 36.1 Å². The molecule has 3 nitrogen and oxygen atoms in total. The number of ether oxygens (including phenoxy) is 1. The van der Waals surface area contributed by atoms with E-state index in [0.29, 0.717) is 5.25 Å². The largest absolute Gasteiger partial charge is 0.377 e. The van der Waals surface area contributed by atoms with Gasteiger partial charge in [-0.2, -0.15) is 5.26 Å². The van der Waals surface area contributed by atoms with E-state index in [4.69, 9.17) is 4.74 Å². The zero-order valence-corrected chi connectivity index (χ0v) is 11.6. The summed E-state index contributed by atoms with van der Waals surface area (Å²) in [5.74, 6) is 0. The maximum absolute atomic E-state index is 9.24. The van der Waals surface area contributed by atoms with Crippen molar-refractivity contribution < 1.29 is 4.74 Å². The molecule has 1 saturated heterocycles. The minimum absolute atomic E-state index is 0.276. The molecule has 2 rings (SSSR count). The fraction of sp³-hybridized carbons (Fsp3) is 0.500. The van der Waals surface area contributed by atoms with Gasteiger partial charge >= 0.3 is 0 Å². The molecule has 0 saturated carbocycles. The molecule has 0 aliphatic carbocycles. The first-order valence-corrected chi connectivity index (χ1v) is 7.08. The molecule has 1 N–H and O–H groups in total. The Morgan fingerprint density at radius 1 is 1.56 bits per heavy atom. The smallest absolute Gasteiger partial charge is 0.100 e. The Balaban J connectivity index is 2.15. The van der Waals surface area contributed by atoms with Crippen LogP contribution in [0.5, 0.6) is 0 Å². The van der Waals surface area contributed by atoms with E-state index >= 15 is 0 Å². The van der Waals surface area contributed by atoms with E-state index in [-0.39, 0.29) is 6.10 Å². The summed E-state index contributed by atoms with van der Waals surface area (Å²) in [6, 6.07) is 8.41. The number of nitriles is 1. The SMILES string of the molecule is CNCc1ccc(SC2CCOC2C)c(C#N)c1. The van der Waals surface area contributed by atoms with Crippen LogP contribution in [0.1, 0.15) is 24.5 Å². The van der Waals surface area contributed by atoms with Gasteiger partial charge in [-0.3, -0.25) is 0 Å². The van der Waals surface area contributed by atoms with Gasteiger partial charge in [0, 0.05) is 23.3 Å². The number of thioether (sulfide) groups is 1. The van der Waals surface area contributed by atoms with Crippen LogP contribution in [0.25, 0.3) is 0 Å². The van der Waals surface area contributed by atoms with Gasteiger partial charge in [-0.15, -0.1) is 11.8 Å². The van der Waals surface area contributed by atoms with Crippen LogP contribution < -0.4 is 5.32 Å². The van der Waals surface area contributed by atoms with Gasteiger partial charge in [0.2, 0.25) is 0 Å². The maximum Gasteiger partial charge on any atom is 0.100 e. The van der Waals surface area contributed by atoms with Gasteiger partial charge in [-0.1, -0.05) is 6.07 Å². The zero-order valence-electron chi connectivity index (χ0n) is 10.8. The van der Waals surface area contributed by atoms with Crippen molar-refractivity contribution in [3.05, 3.63) is 29.3 Å². The van der Waals surface area contributed by atoms with Gasteiger partial charge < -0.3 is 10.1 Å². The van der Waals surface area contributed by atoms with Crippen molar-refractivity contribution in [1.82, 2.24) is 5.32 Å². The molecule has 96 valence electrons. The second-order valence-corrected chi connectivity index (χ2v) is 5.77. The Bertz CT molecular complexity index is 456. The van der Waals surface area contributed by atoms with Crippen LogP contribution in [0.2, 0.25) is 0 Å². The molecule has 1 fully saturated rings. The molecule has 0 aromatic heterocycles. The molecular weight excluding hydrogens is 244 g/mol. The fourth-order valence-corrected chi connectivity index (χ4v) is 3.30. The third-order valence-corrected chi connectivity index (χ3v) is 4.66. The van der Waals surface area contributed by atoms with Crippen molar-refractivity contribution in [2.24, 2.45) is 0 Å². The van der Waals surface area contributed by atoms with Gasteiger partial charge in [0.05, 0.1) is 11.7 Å². The molecule has 1 aliphatic heterocycles. The van der Waals surface area contributed by atoms with Crippen LogP contribution in [-0.4, -0.2) is 25.0 Å². The van der Waals surface area contributed by atoms with E-state index in [1.54, 1.807) is 11.8 Å². The molecule has 4 heteroatoms.